The maximum Gasteiger partial charge on any atom is 0.250 e. The minimum Gasteiger partial charge on any atom is -0.365 e. The van der Waals surface area contributed by atoms with Crippen LogP contribution >= 0.6 is 15.9 Å². The molecule has 0 radical (unpaired) electrons. The largest absolute Gasteiger partial charge is 0.365 e. The Balaban J connectivity index is 1.89. The molecule has 1 unspecified atom stereocenters. The van der Waals surface area contributed by atoms with Crippen LogP contribution in [0.25, 0.3) is 0 Å². The zero-order chi connectivity index (χ0) is 16.4. The van der Waals surface area contributed by atoms with E-state index in [0.29, 0.717) is 12.0 Å². The van der Waals surface area contributed by atoms with E-state index in [1.807, 2.05) is 49.4 Å². The summed E-state index contributed by atoms with van der Waals surface area (Å²) in [6.45, 7) is 1.82. The number of hydrogen-bond donors (Lipinski definition) is 1. The summed E-state index contributed by atoms with van der Waals surface area (Å²) < 4.78 is 0.919. The molecule has 1 N–H and O–H groups in total. The van der Waals surface area contributed by atoms with E-state index in [4.69, 9.17) is 0 Å². The van der Waals surface area contributed by atoms with Crippen molar-refractivity contribution in [2.75, 3.05) is 0 Å². The highest BCUT2D eigenvalue weighted by Gasteiger charge is 2.44. The van der Waals surface area contributed by atoms with Crippen molar-refractivity contribution in [2.45, 2.75) is 25.5 Å². The summed E-state index contributed by atoms with van der Waals surface area (Å²) in [4.78, 5) is 12.7. The first kappa shape index (κ1) is 15.9. The monoisotopic (exact) mass is 372 g/mol. The number of aliphatic hydroxyl groups is 1. The second-order valence-electron chi connectivity index (χ2n) is 5.70. The van der Waals surface area contributed by atoms with Crippen molar-refractivity contribution >= 4 is 27.5 Å². The summed E-state index contributed by atoms with van der Waals surface area (Å²) in [5.74, 6) is -0.224. The Morgan fingerprint density at radius 1 is 1.22 bits per heavy atom. The maximum absolute atomic E-state index is 12.7. The second-order valence-corrected chi connectivity index (χ2v) is 6.62. The highest BCUT2D eigenvalue weighted by molar-refractivity contribution is 9.10. The van der Waals surface area contributed by atoms with Crippen molar-refractivity contribution in [3.05, 3.63) is 70.2 Å². The summed E-state index contributed by atoms with van der Waals surface area (Å²) >= 11 is 3.38. The Labute approximate surface area is 143 Å². The fourth-order valence-corrected chi connectivity index (χ4v) is 3.03. The highest BCUT2D eigenvalue weighted by atomic mass is 79.9. The maximum atomic E-state index is 12.7. The van der Waals surface area contributed by atoms with Crippen molar-refractivity contribution in [1.82, 2.24) is 5.01 Å². The van der Waals surface area contributed by atoms with Crippen molar-refractivity contribution in [3.63, 3.8) is 0 Å². The van der Waals surface area contributed by atoms with Crippen LogP contribution < -0.4 is 0 Å². The van der Waals surface area contributed by atoms with Crippen LogP contribution in [0.5, 0.6) is 0 Å². The quantitative estimate of drug-likeness (QED) is 0.896. The second kappa shape index (κ2) is 6.26. The molecule has 0 aliphatic carbocycles. The third-order valence-electron chi connectivity index (χ3n) is 3.86. The molecule has 0 spiro atoms. The lowest BCUT2D eigenvalue weighted by Crippen LogP contribution is -2.44. The molecule has 118 valence electrons. The number of amides is 1. The first-order chi connectivity index (χ1) is 11.0. The molecule has 2 aromatic rings. The Bertz CT molecular complexity index is 743. The zero-order valence-corrected chi connectivity index (χ0v) is 14.3. The fraction of sp³-hybridized carbons (Fsp3) is 0.222. The molecule has 1 atom stereocenters. The van der Waals surface area contributed by atoms with Gasteiger partial charge in [0.2, 0.25) is 5.91 Å². The molecular weight excluding hydrogens is 356 g/mol. The van der Waals surface area contributed by atoms with Crippen LogP contribution in [0, 0.1) is 0 Å². The van der Waals surface area contributed by atoms with E-state index in [2.05, 4.69) is 21.0 Å². The van der Waals surface area contributed by atoms with Gasteiger partial charge in [0.05, 0.1) is 6.42 Å². The number of benzene rings is 2. The van der Waals surface area contributed by atoms with E-state index < -0.39 is 5.72 Å². The zero-order valence-electron chi connectivity index (χ0n) is 12.7. The predicted molar refractivity (Wildman–Crippen MR) is 92.8 cm³/mol. The van der Waals surface area contributed by atoms with E-state index in [0.717, 1.165) is 15.7 Å². The van der Waals surface area contributed by atoms with Crippen LogP contribution in [-0.2, 0) is 16.9 Å². The van der Waals surface area contributed by atoms with E-state index in [1.54, 1.807) is 12.1 Å². The smallest absolute Gasteiger partial charge is 0.250 e. The molecule has 0 bridgehead atoms. The molecule has 3 rings (SSSR count). The van der Waals surface area contributed by atoms with Gasteiger partial charge in [0, 0.05) is 22.2 Å². The van der Waals surface area contributed by atoms with Gasteiger partial charge in [-0.2, -0.15) is 10.1 Å². The summed E-state index contributed by atoms with van der Waals surface area (Å²) in [5.41, 5.74) is 0.867. The van der Waals surface area contributed by atoms with Gasteiger partial charge in [-0.05, 0) is 24.6 Å². The van der Waals surface area contributed by atoms with Gasteiger partial charge in [-0.15, -0.1) is 0 Å². The van der Waals surface area contributed by atoms with E-state index in [-0.39, 0.29) is 12.3 Å². The standard InChI is InChI=1S/C18H17BrN2O2/c1-13-12-18(23,15-7-9-16(19)10-8-15)21(20-13)17(22)11-14-5-3-2-4-6-14/h2-10,23H,11-12H2,1H3. The lowest BCUT2D eigenvalue weighted by Gasteiger charge is -2.31. The topological polar surface area (TPSA) is 52.9 Å². The van der Waals surface area contributed by atoms with Crippen LogP contribution in [0.15, 0.2) is 64.2 Å². The minimum absolute atomic E-state index is 0.205. The summed E-state index contributed by atoms with van der Waals surface area (Å²) in [5, 5.41) is 16.6. The van der Waals surface area contributed by atoms with Crippen LogP contribution in [-0.4, -0.2) is 21.7 Å². The molecule has 23 heavy (non-hydrogen) atoms. The Hall–Kier alpha value is -1.98. The summed E-state index contributed by atoms with van der Waals surface area (Å²) in [6.07, 6.45) is 0.519. The summed E-state index contributed by atoms with van der Waals surface area (Å²) in [7, 11) is 0. The first-order valence-corrected chi connectivity index (χ1v) is 8.18. The predicted octanol–water partition coefficient (Wildman–Crippen LogP) is 3.45. The molecular formula is C18H17BrN2O2. The molecule has 5 heteroatoms. The third kappa shape index (κ3) is 3.21. The van der Waals surface area contributed by atoms with Gasteiger partial charge in [0.25, 0.3) is 0 Å². The van der Waals surface area contributed by atoms with Gasteiger partial charge < -0.3 is 5.11 Å². The van der Waals surface area contributed by atoms with Crippen LogP contribution in [0.2, 0.25) is 0 Å². The number of rotatable bonds is 3. The van der Waals surface area contributed by atoms with Gasteiger partial charge in [0.15, 0.2) is 5.72 Å². The van der Waals surface area contributed by atoms with Crippen molar-refractivity contribution in [3.8, 4) is 0 Å². The van der Waals surface area contributed by atoms with Gasteiger partial charge in [0.1, 0.15) is 0 Å². The number of carbonyl (C=O) groups is 1. The third-order valence-corrected chi connectivity index (χ3v) is 4.39. The molecule has 4 nitrogen and oxygen atoms in total. The van der Waals surface area contributed by atoms with Crippen molar-refractivity contribution in [2.24, 2.45) is 5.10 Å². The first-order valence-electron chi connectivity index (χ1n) is 7.38. The average Bonchev–Trinajstić information content (AvgIpc) is 2.85. The lowest BCUT2D eigenvalue weighted by atomic mass is 9.97. The number of carbonyl (C=O) groups excluding carboxylic acids is 1. The highest BCUT2D eigenvalue weighted by Crippen LogP contribution is 2.36. The van der Waals surface area contributed by atoms with E-state index in [9.17, 15) is 9.90 Å². The molecule has 0 fully saturated rings. The Morgan fingerprint density at radius 2 is 1.87 bits per heavy atom. The van der Waals surface area contributed by atoms with Crippen molar-refractivity contribution in [1.29, 1.82) is 0 Å². The van der Waals surface area contributed by atoms with Gasteiger partial charge >= 0.3 is 0 Å². The van der Waals surface area contributed by atoms with Crippen molar-refractivity contribution < 1.29 is 9.90 Å². The fourth-order valence-electron chi connectivity index (χ4n) is 2.77. The van der Waals surface area contributed by atoms with Gasteiger partial charge in [-0.1, -0.05) is 58.4 Å². The number of nitrogens with zero attached hydrogens (tertiary/aromatic N) is 2. The van der Waals surface area contributed by atoms with E-state index >= 15 is 0 Å². The Morgan fingerprint density at radius 3 is 2.52 bits per heavy atom. The molecule has 0 aromatic heterocycles. The number of hydrogen-bond acceptors (Lipinski definition) is 3. The Kier molecular flexibility index (Phi) is 4.33. The summed E-state index contributed by atoms with van der Waals surface area (Å²) in [6, 6.07) is 16.8. The normalized spacial score (nSPS) is 20.5. The molecule has 1 heterocycles. The molecule has 1 aliphatic heterocycles. The van der Waals surface area contributed by atoms with Gasteiger partial charge in [-0.3, -0.25) is 4.79 Å². The SMILES string of the molecule is CC1=NN(C(=O)Cc2ccccc2)C(O)(c2ccc(Br)cc2)C1. The van der Waals surface area contributed by atoms with E-state index in [1.165, 1.54) is 5.01 Å². The van der Waals surface area contributed by atoms with Crippen LogP contribution in [0.4, 0.5) is 0 Å². The minimum atomic E-state index is -1.42. The number of hydrazone groups is 1. The lowest BCUT2D eigenvalue weighted by molar-refractivity contribution is -0.157. The molecule has 2 aromatic carbocycles. The van der Waals surface area contributed by atoms with Crippen LogP contribution in [0.1, 0.15) is 24.5 Å². The van der Waals surface area contributed by atoms with Crippen LogP contribution in [0.3, 0.4) is 0 Å². The van der Waals surface area contributed by atoms with Gasteiger partial charge in [-0.25, -0.2) is 0 Å². The molecule has 0 saturated heterocycles. The molecule has 1 aliphatic rings. The average molecular weight is 373 g/mol. The number of halogens is 1. The molecule has 1 amide bonds. The molecule has 0 saturated carbocycles.